The van der Waals surface area contributed by atoms with Crippen molar-refractivity contribution in [2.45, 2.75) is 6.42 Å². The van der Waals surface area contributed by atoms with E-state index in [1.165, 1.54) is 0 Å². The van der Waals surface area contributed by atoms with E-state index in [-0.39, 0.29) is 24.8 Å². The molecule has 0 saturated heterocycles. The van der Waals surface area contributed by atoms with Crippen LogP contribution in [0.3, 0.4) is 0 Å². The van der Waals surface area contributed by atoms with Crippen molar-refractivity contribution in [3.8, 4) is 5.75 Å². The van der Waals surface area contributed by atoms with Gasteiger partial charge >= 0.3 is 0 Å². The molecule has 0 atom stereocenters. The molecule has 0 radical (unpaired) electrons. The Morgan fingerprint density at radius 3 is 2.61 bits per heavy atom. The summed E-state index contributed by atoms with van der Waals surface area (Å²) in [4.78, 5) is 23.8. The van der Waals surface area contributed by atoms with Gasteiger partial charge in [-0.05, 0) is 23.8 Å². The smallest absolute Gasteiger partial charge is 0.243 e. The number of nitrogens with one attached hydrogen (secondary N) is 2. The number of benzene rings is 2. The van der Waals surface area contributed by atoms with Gasteiger partial charge in [0, 0.05) is 16.2 Å². The van der Waals surface area contributed by atoms with Crippen LogP contribution < -0.4 is 15.4 Å². The van der Waals surface area contributed by atoms with Crippen LogP contribution in [0, 0.1) is 0 Å². The van der Waals surface area contributed by atoms with E-state index in [2.05, 4.69) is 26.6 Å². The molecule has 5 nitrogen and oxygen atoms in total. The Morgan fingerprint density at radius 2 is 1.87 bits per heavy atom. The van der Waals surface area contributed by atoms with E-state index in [0.29, 0.717) is 11.4 Å². The summed E-state index contributed by atoms with van der Waals surface area (Å²) in [5, 5.41) is 5.31. The van der Waals surface area contributed by atoms with Crippen LogP contribution in [-0.4, -0.2) is 25.5 Å². The molecule has 0 spiro atoms. The van der Waals surface area contributed by atoms with E-state index in [1.54, 1.807) is 31.4 Å². The van der Waals surface area contributed by atoms with Crippen LogP contribution in [0.2, 0.25) is 0 Å². The van der Waals surface area contributed by atoms with Crippen molar-refractivity contribution >= 4 is 33.4 Å². The first kappa shape index (κ1) is 17.0. The molecule has 0 aliphatic rings. The summed E-state index contributed by atoms with van der Waals surface area (Å²) in [5.74, 6) is 0.150. The second-order valence-electron chi connectivity index (χ2n) is 4.83. The molecule has 0 bridgehead atoms. The fourth-order valence-electron chi connectivity index (χ4n) is 1.96. The van der Waals surface area contributed by atoms with Crippen LogP contribution >= 0.6 is 15.9 Å². The molecule has 120 valence electrons. The van der Waals surface area contributed by atoms with E-state index >= 15 is 0 Å². The first-order chi connectivity index (χ1) is 11.1. The number of methoxy groups -OCH3 is 1. The highest BCUT2D eigenvalue weighted by molar-refractivity contribution is 9.10. The van der Waals surface area contributed by atoms with Crippen LogP contribution in [0.4, 0.5) is 5.69 Å². The van der Waals surface area contributed by atoms with Crippen LogP contribution in [0.1, 0.15) is 5.56 Å². The topological polar surface area (TPSA) is 67.4 Å². The van der Waals surface area contributed by atoms with E-state index < -0.39 is 0 Å². The second-order valence-corrected chi connectivity index (χ2v) is 5.68. The first-order valence-corrected chi connectivity index (χ1v) is 7.82. The highest BCUT2D eigenvalue weighted by Crippen LogP contribution is 2.17. The molecule has 0 aliphatic heterocycles. The minimum atomic E-state index is -0.293. The Hall–Kier alpha value is -2.34. The number of halogens is 1. The average Bonchev–Trinajstić information content (AvgIpc) is 2.55. The minimum Gasteiger partial charge on any atom is -0.497 e. The fourth-order valence-corrected chi connectivity index (χ4v) is 2.39. The van der Waals surface area contributed by atoms with Crippen molar-refractivity contribution in [3.05, 3.63) is 58.6 Å². The third-order valence-electron chi connectivity index (χ3n) is 3.11. The van der Waals surface area contributed by atoms with Crippen molar-refractivity contribution in [1.82, 2.24) is 5.32 Å². The molecule has 0 heterocycles. The van der Waals surface area contributed by atoms with Crippen molar-refractivity contribution in [2.75, 3.05) is 19.0 Å². The number of rotatable bonds is 6. The average molecular weight is 377 g/mol. The molecule has 0 aliphatic carbocycles. The van der Waals surface area contributed by atoms with Crippen LogP contribution in [-0.2, 0) is 16.0 Å². The van der Waals surface area contributed by atoms with Gasteiger partial charge in [-0.3, -0.25) is 9.59 Å². The van der Waals surface area contributed by atoms with Gasteiger partial charge in [0.25, 0.3) is 0 Å². The van der Waals surface area contributed by atoms with E-state index in [4.69, 9.17) is 4.74 Å². The molecule has 2 aromatic carbocycles. The van der Waals surface area contributed by atoms with Gasteiger partial charge in [0.15, 0.2) is 0 Å². The van der Waals surface area contributed by atoms with Gasteiger partial charge in [-0.1, -0.05) is 40.2 Å². The molecule has 2 amide bonds. The standard InChI is InChI=1S/C17H17BrN2O3/c1-23-14-7-4-6-13(10-14)20-17(22)11-19-16(21)9-12-5-2-3-8-15(12)18/h2-8,10H,9,11H2,1H3,(H,19,21)(H,20,22). The largest absolute Gasteiger partial charge is 0.497 e. The third kappa shape index (κ3) is 5.41. The molecule has 0 fully saturated rings. The van der Waals surface area contributed by atoms with Gasteiger partial charge < -0.3 is 15.4 Å². The molecule has 0 unspecified atom stereocenters. The van der Waals surface area contributed by atoms with Crippen molar-refractivity contribution in [2.24, 2.45) is 0 Å². The van der Waals surface area contributed by atoms with E-state index in [1.807, 2.05) is 24.3 Å². The summed E-state index contributed by atoms with van der Waals surface area (Å²) in [5.41, 5.74) is 1.49. The molecule has 6 heteroatoms. The van der Waals surface area contributed by atoms with Crippen molar-refractivity contribution in [3.63, 3.8) is 0 Å². The monoisotopic (exact) mass is 376 g/mol. The Balaban J connectivity index is 1.82. The minimum absolute atomic E-state index is 0.0828. The summed E-state index contributed by atoms with van der Waals surface area (Å²) in [6, 6.07) is 14.5. The fraction of sp³-hybridized carbons (Fsp3) is 0.176. The van der Waals surface area contributed by atoms with Crippen LogP contribution in [0.5, 0.6) is 5.75 Å². The number of amides is 2. The molecular formula is C17H17BrN2O3. The summed E-state index contributed by atoms with van der Waals surface area (Å²) < 4.78 is 5.96. The zero-order chi connectivity index (χ0) is 16.7. The first-order valence-electron chi connectivity index (χ1n) is 7.02. The van der Waals surface area contributed by atoms with Gasteiger partial charge in [-0.25, -0.2) is 0 Å². The molecule has 23 heavy (non-hydrogen) atoms. The third-order valence-corrected chi connectivity index (χ3v) is 3.88. The van der Waals surface area contributed by atoms with Gasteiger partial charge in [-0.15, -0.1) is 0 Å². The zero-order valence-electron chi connectivity index (χ0n) is 12.6. The maximum atomic E-state index is 11.9. The second kappa shape index (κ2) is 8.33. The number of carbonyl (C=O) groups is 2. The summed E-state index contributed by atoms with van der Waals surface area (Å²) in [7, 11) is 1.56. The molecule has 2 N–H and O–H groups in total. The van der Waals surface area contributed by atoms with Gasteiger partial charge in [0.1, 0.15) is 5.75 Å². The van der Waals surface area contributed by atoms with Gasteiger partial charge in [0.2, 0.25) is 11.8 Å². The Labute approximate surface area is 143 Å². The molecule has 2 aromatic rings. The molecule has 2 rings (SSSR count). The molecular weight excluding hydrogens is 360 g/mol. The van der Waals surface area contributed by atoms with E-state index in [9.17, 15) is 9.59 Å². The van der Waals surface area contributed by atoms with Gasteiger partial charge in [0.05, 0.1) is 20.1 Å². The number of ether oxygens (including phenoxy) is 1. The predicted octanol–water partition coefficient (Wildman–Crippen LogP) is 2.76. The lowest BCUT2D eigenvalue weighted by Gasteiger charge is -2.09. The maximum Gasteiger partial charge on any atom is 0.243 e. The lowest BCUT2D eigenvalue weighted by atomic mass is 10.1. The lowest BCUT2D eigenvalue weighted by molar-refractivity contribution is -0.123. The van der Waals surface area contributed by atoms with Gasteiger partial charge in [-0.2, -0.15) is 0 Å². The highest BCUT2D eigenvalue weighted by Gasteiger charge is 2.09. The number of carbonyl (C=O) groups excluding carboxylic acids is 2. The number of hydrogen-bond donors (Lipinski definition) is 2. The summed E-state index contributed by atoms with van der Waals surface area (Å²) in [6.07, 6.45) is 0.216. The van der Waals surface area contributed by atoms with Crippen molar-refractivity contribution in [1.29, 1.82) is 0 Å². The summed E-state index contributed by atoms with van der Waals surface area (Å²) >= 11 is 3.39. The molecule has 0 aromatic heterocycles. The SMILES string of the molecule is COc1cccc(NC(=O)CNC(=O)Cc2ccccc2Br)c1. The van der Waals surface area contributed by atoms with Crippen molar-refractivity contribution < 1.29 is 14.3 Å². The normalized spacial score (nSPS) is 10.0. The van der Waals surface area contributed by atoms with Crippen LogP contribution in [0.15, 0.2) is 53.0 Å². The quantitative estimate of drug-likeness (QED) is 0.814. The van der Waals surface area contributed by atoms with E-state index in [0.717, 1.165) is 10.0 Å². The Morgan fingerprint density at radius 1 is 1.09 bits per heavy atom. The van der Waals surface area contributed by atoms with Crippen LogP contribution in [0.25, 0.3) is 0 Å². The predicted molar refractivity (Wildman–Crippen MR) is 92.5 cm³/mol. The Bertz CT molecular complexity index is 704. The number of anilines is 1. The Kier molecular flexibility index (Phi) is 6.17. The summed E-state index contributed by atoms with van der Waals surface area (Å²) in [6.45, 7) is -0.0828. The molecule has 0 saturated carbocycles. The number of hydrogen-bond acceptors (Lipinski definition) is 3. The highest BCUT2D eigenvalue weighted by atomic mass is 79.9. The maximum absolute atomic E-state index is 11.9. The zero-order valence-corrected chi connectivity index (χ0v) is 14.2. The lowest BCUT2D eigenvalue weighted by Crippen LogP contribution is -2.33.